The molecule has 1 aliphatic carbocycles. The van der Waals surface area contributed by atoms with Gasteiger partial charge in [0, 0.05) is 17.8 Å². The molecule has 0 aliphatic heterocycles. The fourth-order valence-corrected chi connectivity index (χ4v) is 7.40. The molecule has 11 nitrogen and oxygen atoms in total. The van der Waals surface area contributed by atoms with Gasteiger partial charge in [-0.2, -0.15) is 16.8 Å². The van der Waals surface area contributed by atoms with Crippen LogP contribution in [-0.2, 0) is 20.2 Å². The SMILES string of the molecule is Cc1cccc(C)c1Nc1ccc2cc(S(=O)(=O)O)cc(O)c2c1N=Nc1ccc(Oc2ccc(C3CCCCC3)cc2)cc1S(=O)(=O)O. The smallest absolute Gasteiger partial charge is 0.296 e. The number of rotatable bonds is 9. The summed E-state index contributed by atoms with van der Waals surface area (Å²) in [5, 5.41) is 23.1. The van der Waals surface area contributed by atoms with Crippen LogP contribution in [0.3, 0.4) is 0 Å². The highest BCUT2D eigenvalue weighted by Gasteiger charge is 2.21. The second-order valence-corrected chi connectivity index (χ2v) is 15.0. The molecule has 1 saturated carbocycles. The second kappa shape index (κ2) is 13.6. The minimum atomic E-state index is -4.81. The molecule has 0 atom stereocenters. The number of hydrogen-bond donors (Lipinski definition) is 4. The van der Waals surface area contributed by atoms with E-state index in [0.717, 1.165) is 41.8 Å². The van der Waals surface area contributed by atoms with E-state index in [1.54, 1.807) is 6.07 Å². The van der Waals surface area contributed by atoms with Gasteiger partial charge >= 0.3 is 0 Å². The molecule has 0 heterocycles. The summed E-state index contributed by atoms with van der Waals surface area (Å²) in [5.41, 5.74) is 3.98. The lowest BCUT2D eigenvalue weighted by atomic mass is 9.84. The summed E-state index contributed by atoms with van der Waals surface area (Å²) in [6.07, 6.45) is 6.00. The van der Waals surface area contributed by atoms with Crippen molar-refractivity contribution in [3.8, 4) is 17.2 Å². The van der Waals surface area contributed by atoms with E-state index in [9.17, 15) is 31.0 Å². The Bertz CT molecular complexity index is 2280. The highest BCUT2D eigenvalue weighted by Crippen LogP contribution is 2.44. The van der Waals surface area contributed by atoms with Crippen molar-refractivity contribution in [2.24, 2.45) is 10.2 Å². The first-order valence-electron chi connectivity index (χ1n) is 15.7. The lowest BCUT2D eigenvalue weighted by molar-refractivity contribution is 0.442. The number of ether oxygens (including phenoxy) is 1. The van der Waals surface area contributed by atoms with Gasteiger partial charge < -0.3 is 15.2 Å². The molecular formula is C36H35N3O8S2. The molecular weight excluding hydrogens is 667 g/mol. The van der Waals surface area contributed by atoms with E-state index >= 15 is 0 Å². The number of phenols is 1. The van der Waals surface area contributed by atoms with Crippen LogP contribution in [0.4, 0.5) is 22.7 Å². The van der Waals surface area contributed by atoms with Gasteiger partial charge in [0.2, 0.25) is 0 Å². The van der Waals surface area contributed by atoms with E-state index in [1.165, 1.54) is 49.1 Å². The van der Waals surface area contributed by atoms with Gasteiger partial charge in [0.25, 0.3) is 20.2 Å². The summed E-state index contributed by atoms with van der Waals surface area (Å²) in [6.45, 7) is 3.81. The second-order valence-electron chi connectivity index (χ2n) is 12.2. The molecule has 13 heteroatoms. The predicted octanol–water partition coefficient (Wildman–Crippen LogP) is 9.65. The summed E-state index contributed by atoms with van der Waals surface area (Å²) < 4.78 is 74.5. The highest BCUT2D eigenvalue weighted by atomic mass is 32.2. The van der Waals surface area contributed by atoms with E-state index < -0.39 is 35.8 Å². The number of para-hydroxylation sites is 1. The fourth-order valence-electron chi connectivity index (χ4n) is 6.23. The Labute approximate surface area is 284 Å². The van der Waals surface area contributed by atoms with Crippen LogP contribution in [0.1, 0.15) is 54.7 Å². The quantitative estimate of drug-likeness (QED) is 0.0861. The van der Waals surface area contributed by atoms with Crippen molar-refractivity contribution >= 4 is 53.8 Å². The molecule has 6 rings (SSSR count). The zero-order valence-electron chi connectivity index (χ0n) is 26.8. The Morgan fingerprint density at radius 1 is 0.755 bits per heavy atom. The molecule has 5 aromatic rings. The van der Waals surface area contributed by atoms with E-state index in [1.807, 2.05) is 56.3 Å². The third-order valence-corrected chi connectivity index (χ3v) is 10.5. The standard InChI is InChI=1S/C36H35N3O8S2/c1-22-7-6-8-23(2)35(22)37-31-17-13-26-19-29(48(41,42)43)21-32(40)34(26)36(31)39-38-30-18-16-28(20-33(30)49(44,45)46)47-27-14-11-25(12-15-27)24-9-4-3-5-10-24/h6-8,11-21,24,37,40H,3-5,9-10H2,1-2H3,(H,41,42,43)(H,44,45,46). The third kappa shape index (κ3) is 7.60. The number of benzene rings is 5. The monoisotopic (exact) mass is 701 g/mol. The third-order valence-electron chi connectivity index (χ3n) is 8.74. The van der Waals surface area contributed by atoms with Gasteiger partial charge in [0.1, 0.15) is 33.5 Å². The normalized spacial score (nSPS) is 14.4. The topological polar surface area (TPSA) is 175 Å². The first-order valence-corrected chi connectivity index (χ1v) is 18.6. The lowest BCUT2D eigenvalue weighted by Gasteiger charge is -2.22. The van der Waals surface area contributed by atoms with Crippen LogP contribution in [0.25, 0.3) is 10.8 Å². The summed E-state index contributed by atoms with van der Waals surface area (Å²) in [5.74, 6) is 0.642. The van der Waals surface area contributed by atoms with Crippen LogP contribution in [0.2, 0.25) is 0 Å². The van der Waals surface area contributed by atoms with Crippen molar-refractivity contribution in [2.75, 3.05) is 5.32 Å². The Hall–Kier alpha value is -4.82. The highest BCUT2D eigenvalue weighted by molar-refractivity contribution is 7.86. The first kappa shape index (κ1) is 34.1. The Morgan fingerprint density at radius 2 is 1.43 bits per heavy atom. The van der Waals surface area contributed by atoms with Crippen LogP contribution in [-0.4, -0.2) is 31.0 Å². The molecule has 0 amide bonds. The molecule has 1 aliphatic rings. The molecule has 0 spiro atoms. The van der Waals surface area contributed by atoms with Crippen LogP contribution < -0.4 is 10.1 Å². The number of nitrogens with zero attached hydrogens (tertiary/aromatic N) is 2. The van der Waals surface area contributed by atoms with Crippen molar-refractivity contribution in [3.05, 3.63) is 102 Å². The summed E-state index contributed by atoms with van der Waals surface area (Å²) >= 11 is 0. The summed E-state index contributed by atoms with van der Waals surface area (Å²) in [4.78, 5) is -1.08. The molecule has 0 aromatic heterocycles. The van der Waals surface area contributed by atoms with Crippen molar-refractivity contribution in [2.45, 2.75) is 61.7 Å². The number of aromatic hydroxyl groups is 1. The Morgan fingerprint density at radius 3 is 2.08 bits per heavy atom. The predicted molar refractivity (Wildman–Crippen MR) is 187 cm³/mol. The van der Waals surface area contributed by atoms with Crippen LogP contribution in [0.5, 0.6) is 17.2 Å². The average Bonchev–Trinajstić information content (AvgIpc) is 3.06. The first-order chi connectivity index (χ1) is 23.3. The summed E-state index contributed by atoms with van der Waals surface area (Å²) in [7, 11) is -9.46. The Kier molecular flexibility index (Phi) is 9.45. The number of fused-ring (bicyclic) bond motifs is 1. The van der Waals surface area contributed by atoms with Gasteiger partial charge in [-0.25, -0.2) is 0 Å². The van der Waals surface area contributed by atoms with Gasteiger partial charge in [-0.3, -0.25) is 9.11 Å². The minimum absolute atomic E-state index is 0.0409. The molecule has 0 radical (unpaired) electrons. The van der Waals surface area contributed by atoms with Crippen molar-refractivity contribution in [1.82, 2.24) is 0 Å². The molecule has 4 N–H and O–H groups in total. The zero-order chi connectivity index (χ0) is 34.9. The molecule has 0 unspecified atom stereocenters. The molecule has 0 bridgehead atoms. The van der Waals surface area contributed by atoms with E-state index in [2.05, 4.69) is 15.5 Å². The number of nitrogens with one attached hydrogen (secondary N) is 1. The number of azo groups is 1. The number of anilines is 2. The fraction of sp³-hybridized carbons (Fsp3) is 0.222. The van der Waals surface area contributed by atoms with Gasteiger partial charge in [-0.05, 0) is 91.1 Å². The molecule has 0 saturated heterocycles. The van der Waals surface area contributed by atoms with E-state index in [0.29, 0.717) is 17.4 Å². The number of hydrogen-bond acceptors (Lipinski definition) is 9. The molecule has 5 aromatic carbocycles. The molecule has 254 valence electrons. The van der Waals surface area contributed by atoms with Crippen LogP contribution >= 0.6 is 0 Å². The van der Waals surface area contributed by atoms with Gasteiger partial charge in [0.05, 0.1) is 16.0 Å². The van der Waals surface area contributed by atoms with Gasteiger partial charge in [0.15, 0.2) is 0 Å². The minimum Gasteiger partial charge on any atom is -0.507 e. The van der Waals surface area contributed by atoms with Crippen molar-refractivity contribution in [1.29, 1.82) is 0 Å². The summed E-state index contributed by atoms with van der Waals surface area (Å²) in [6, 6.07) is 22.6. The largest absolute Gasteiger partial charge is 0.507 e. The average molecular weight is 702 g/mol. The van der Waals surface area contributed by atoms with Crippen molar-refractivity contribution < 1.29 is 35.8 Å². The Balaban J connectivity index is 1.39. The maximum atomic E-state index is 12.5. The molecule has 1 fully saturated rings. The van der Waals surface area contributed by atoms with Crippen molar-refractivity contribution in [3.63, 3.8) is 0 Å². The molecule has 49 heavy (non-hydrogen) atoms. The van der Waals surface area contributed by atoms with Crippen LogP contribution in [0, 0.1) is 13.8 Å². The van der Waals surface area contributed by atoms with Gasteiger partial charge in [-0.15, -0.1) is 10.2 Å². The zero-order valence-corrected chi connectivity index (χ0v) is 28.4. The number of phenolic OH excluding ortho intramolecular Hbond substituents is 1. The maximum absolute atomic E-state index is 12.5. The lowest BCUT2D eigenvalue weighted by Crippen LogP contribution is -2.04. The van der Waals surface area contributed by atoms with Gasteiger partial charge in [-0.1, -0.05) is 55.7 Å². The van der Waals surface area contributed by atoms with E-state index in [-0.39, 0.29) is 27.9 Å². The maximum Gasteiger partial charge on any atom is 0.296 e. The van der Waals surface area contributed by atoms with E-state index in [4.69, 9.17) is 4.74 Å². The van der Waals surface area contributed by atoms with Crippen LogP contribution in [0.15, 0.2) is 105 Å². The number of aryl methyl sites for hydroxylation is 2.